The zero-order valence-corrected chi connectivity index (χ0v) is 11.7. The van der Waals surface area contributed by atoms with Crippen LogP contribution in [-0.4, -0.2) is 36.3 Å². The normalized spacial score (nSPS) is 19.7. The van der Waals surface area contributed by atoms with E-state index in [0.717, 1.165) is 29.0 Å². The highest BCUT2D eigenvalue weighted by molar-refractivity contribution is 7.16. The Hall–Kier alpha value is -1.24. The molecule has 5 nitrogen and oxygen atoms in total. The lowest BCUT2D eigenvalue weighted by Gasteiger charge is -2.22. The number of hydrogen-bond donors (Lipinski definition) is 1. The molecule has 2 aromatic heterocycles. The highest BCUT2D eigenvalue weighted by atomic mass is 32.1. The highest BCUT2D eigenvalue weighted by Crippen LogP contribution is 2.28. The van der Waals surface area contributed by atoms with Crippen LogP contribution in [0.1, 0.15) is 25.3 Å². The van der Waals surface area contributed by atoms with Crippen LogP contribution in [-0.2, 0) is 9.47 Å². The van der Waals surface area contributed by atoms with Crippen molar-refractivity contribution < 1.29 is 9.47 Å². The van der Waals surface area contributed by atoms with Gasteiger partial charge in [0.2, 0.25) is 0 Å². The molecule has 1 N–H and O–H groups in total. The molecule has 6 heteroatoms. The van der Waals surface area contributed by atoms with E-state index >= 15 is 0 Å². The molecule has 1 unspecified atom stereocenters. The molecule has 0 saturated carbocycles. The molecule has 19 heavy (non-hydrogen) atoms. The van der Waals surface area contributed by atoms with Crippen molar-refractivity contribution in [3.63, 3.8) is 0 Å². The molecule has 0 amide bonds. The third-order valence-corrected chi connectivity index (χ3v) is 3.80. The molecule has 1 aliphatic heterocycles. The van der Waals surface area contributed by atoms with E-state index in [2.05, 4.69) is 28.3 Å². The average molecular weight is 279 g/mol. The number of nitrogens with one attached hydrogen (secondary N) is 1. The third kappa shape index (κ3) is 2.70. The van der Waals surface area contributed by atoms with E-state index in [1.165, 1.54) is 0 Å². The van der Waals surface area contributed by atoms with Crippen molar-refractivity contribution in [1.82, 2.24) is 9.97 Å². The summed E-state index contributed by atoms with van der Waals surface area (Å²) in [5, 5.41) is 6.48. The summed E-state index contributed by atoms with van der Waals surface area (Å²) in [6.45, 7) is 4.83. The second-order valence-electron chi connectivity index (χ2n) is 4.43. The maximum absolute atomic E-state index is 5.68. The quantitative estimate of drug-likeness (QED) is 0.932. The SMILES string of the molecule is CCCNc1nc(C2COCCO2)nc2sccc12. The van der Waals surface area contributed by atoms with Crippen molar-refractivity contribution >= 4 is 27.4 Å². The first-order chi connectivity index (χ1) is 9.38. The number of nitrogens with zero attached hydrogens (tertiary/aromatic N) is 2. The van der Waals surface area contributed by atoms with Gasteiger partial charge in [-0.2, -0.15) is 0 Å². The third-order valence-electron chi connectivity index (χ3n) is 2.99. The van der Waals surface area contributed by atoms with Crippen molar-refractivity contribution in [2.75, 3.05) is 31.7 Å². The van der Waals surface area contributed by atoms with Crippen LogP contribution in [0.25, 0.3) is 10.2 Å². The second-order valence-corrected chi connectivity index (χ2v) is 5.33. The lowest BCUT2D eigenvalue weighted by molar-refractivity contribution is -0.0933. The molecule has 1 atom stereocenters. The maximum Gasteiger partial charge on any atom is 0.163 e. The number of fused-ring (bicyclic) bond motifs is 1. The fraction of sp³-hybridized carbons (Fsp3) is 0.538. The summed E-state index contributed by atoms with van der Waals surface area (Å²) in [5.74, 6) is 1.62. The summed E-state index contributed by atoms with van der Waals surface area (Å²) in [6, 6.07) is 2.06. The van der Waals surface area contributed by atoms with Gasteiger partial charge in [-0.15, -0.1) is 11.3 Å². The van der Waals surface area contributed by atoms with Gasteiger partial charge < -0.3 is 14.8 Å². The van der Waals surface area contributed by atoms with E-state index in [1.54, 1.807) is 11.3 Å². The molecular weight excluding hydrogens is 262 g/mol. The van der Waals surface area contributed by atoms with Crippen molar-refractivity contribution in [2.24, 2.45) is 0 Å². The summed E-state index contributed by atoms with van der Waals surface area (Å²) >= 11 is 1.63. The number of rotatable bonds is 4. The van der Waals surface area contributed by atoms with Gasteiger partial charge in [0.15, 0.2) is 5.82 Å². The van der Waals surface area contributed by atoms with E-state index in [0.29, 0.717) is 25.6 Å². The molecule has 1 fully saturated rings. The lowest BCUT2D eigenvalue weighted by Crippen LogP contribution is -2.24. The van der Waals surface area contributed by atoms with Crippen LogP contribution in [0.5, 0.6) is 0 Å². The largest absolute Gasteiger partial charge is 0.376 e. The standard InChI is InChI=1S/C13H17N3O2S/c1-2-4-14-11-9-3-7-19-13(9)16-12(15-11)10-8-17-5-6-18-10/h3,7,10H,2,4-6,8H2,1H3,(H,14,15,16). The summed E-state index contributed by atoms with van der Waals surface area (Å²) < 4.78 is 11.1. The van der Waals surface area contributed by atoms with E-state index in [1.807, 2.05) is 5.38 Å². The van der Waals surface area contributed by atoms with Gasteiger partial charge in [-0.25, -0.2) is 9.97 Å². The van der Waals surface area contributed by atoms with Gasteiger partial charge in [-0.05, 0) is 17.9 Å². The van der Waals surface area contributed by atoms with Crippen LogP contribution in [0.15, 0.2) is 11.4 Å². The first-order valence-corrected chi connectivity index (χ1v) is 7.45. The molecule has 1 aliphatic rings. The number of anilines is 1. The smallest absolute Gasteiger partial charge is 0.163 e. The van der Waals surface area contributed by atoms with Crippen molar-refractivity contribution in [2.45, 2.75) is 19.4 Å². The molecular formula is C13H17N3O2S. The van der Waals surface area contributed by atoms with E-state index in [-0.39, 0.29) is 6.10 Å². The fourth-order valence-corrected chi connectivity index (χ4v) is 2.80. The Morgan fingerprint density at radius 1 is 1.42 bits per heavy atom. The van der Waals surface area contributed by atoms with Gasteiger partial charge in [0, 0.05) is 6.54 Å². The number of hydrogen-bond acceptors (Lipinski definition) is 6. The highest BCUT2D eigenvalue weighted by Gasteiger charge is 2.21. The van der Waals surface area contributed by atoms with Crippen LogP contribution in [0.3, 0.4) is 0 Å². The average Bonchev–Trinajstić information content (AvgIpc) is 2.94. The Bertz CT molecular complexity index is 552. The summed E-state index contributed by atoms with van der Waals surface area (Å²) in [5.41, 5.74) is 0. The maximum atomic E-state index is 5.68. The first-order valence-electron chi connectivity index (χ1n) is 6.57. The molecule has 0 aromatic carbocycles. The molecule has 0 aliphatic carbocycles. The van der Waals surface area contributed by atoms with E-state index in [9.17, 15) is 0 Å². The molecule has 2 aromatic rings. The number of thiophene rings is 1. The zero-order valence-electron chi connectivity index (χ0n) is 10.9. The molecule has 3 heterocycles. The predicted molar refractivity (Wildman–Crippen MR) is 75.7 cm³/mol. The Morgan fingerprint density at radius 2 is 2.37 bits per heavy atom. The molecule has 0 bridgehead atoms. The van der Waals surface area contributed by atoms with Crippen LogP contribution in [0.2, 0.25) is 0 Å². The molecule has 0 spiro atoms. The minimum Gasteiger partial charge on any atom is -0.376 e. The van der Waals surface area contributed by atoms with Crippen LogP contribution in [0.4, 0.5) is 5.82 Å². The Kier molecular flexibility index (Phi) is 3.91. The molecule has 1 saturated heterocycles. The van der Waals surface area contributed by atoms with E-state index in [4.69, 9.17) is 9.47 Å². The summed E-state index contributed by atoms with van der Waals surface area (Å²) in [7, 11) is 0. The van der Waals surface area contributed by atoms with Gasteiger partial charge in [-0.3, -0.25) is 0 Å². The van der Waals surface area contributed by atoms with Gasteiger partial charge in [-0.1, -0.05) is 6.92 Å². The number of ether oxygens (including phenoxy) is 2. The van der Waals surface area contributed by atoms with Crippen molar-refractivity contribution in [3.05, 3.63) is 17.3 Å². The van der Waals surface area contributed by atoms with Gasteiger partial charge in [0.25, 0.3) is 0 Å². The number of aromatic nitrogens is 2. The van der Waals surface area contributed by atoms with Crippen molar-refractivity contribution in [3.8, 4) is 0 Å². The van der Waals surface area contributed by atoms with Crippen LogP contribution >= 0.6 is 11.3 Å². The minimum atomic E-state index is -0.151. The van der Waals surface area contributed by atoms with Crippen LogP contribution in [0, 0.1) is 0 Å². The summed E-state index contributed by atoms with van der Waals surface area (Å²) in [4.78, 5) is 10.2. The van der Waals surface area contributed by atoms with Gasteiger partial charge in [0.05, 0.1) is 25.2 Å². The first kappa shape index (κ1) is 12.8. The fourth-order valence-electron chi connectivity index (χ4n) is 2.03. The van der Waals surface area contributed by atoms with Gasteiger partial charge in [0.1, 0.15) is 16.8 Å². The van der Waals surface area contributed by atoms with Crippen molar-refractivity contribution in [1.29, 1.82) is 0 Å². The molecule has 3 rings (SSSR count). The topological polar surface area (TPSA) is 56.3 Å². The Morgan fingerprint density at radius 3 is 3.16 bits per heavy atom. The molecule has 0 radical (unpaired) electrons. The van der Waals surface area contributed by atoms with E-state index < -0.39 is 0 Å². The Labute approximate surface area is 116 Å². The monoisotopic (exact) mass is 279 g/mol. The van der Waals surface area contributed by atoms with Crippen LogP contribution < -0.4 is 5.32 Å². The second kappa shape index (κ2) is 5.81. The Balaban J connectivity index is 1.95. The summed E-state index contributed by atoms with van der Waals surface area (Å²) in [6.07, 6.45) is 0.913. The zero-order chi connectivity index (χ0) is 13.1. The predicted octanol–water partition coefficient (Wildman–Crippen LogP) is 2.60. The van der Waals surface area contributed by atoms with Gasteiger partial charge >= 0.3 is 0 Å². The minimum absolute atomic E-state index is 0.151. The lowest BCUT2D eigenvalue weighted by atomic mass is 10.3. The molecule has 102 valence electrons.